The Morgan fingerprint density at radius 1 is 1.47 bits per heavy atom. The third-order valence-electron chi connectivity index (χ3n) is 1.72. The Bertz CT molecular complexity index is 416. The lowest BCUT2D eigenvalue weighted by Crippen LogP contribution is -2.18. The van der Waals surface area contributed by atoms with Crippen LogP contribution in [-0.2, 0) is 4.74 Å². The van der Waals surface area contributed by atoms with Crippen LogP contribution >= 0.6 is 15.9 Å². The van der Waals surface area contributed by atoms with Crippen molar-refractivity contribution < 1.29 is 9.53 Å². The van der Waals surface area contributed by atoms with E-state index in [1.807, 2.05) is 36.4 Å². The second-order valence-electron chi connectivity index (χ2n) is 3.03. The van der Waals surface area contributed by atoms with Gasteiger partial charge in [-0.25, -0.2) is 10.2 Å². The Kier molecular flexibility index (Phi) is 6.03. The van der Waals surface area contributed by atoms with Gasteiger partial charge in [0.25, 0.3) is 0 Å². The summed E-state index contributed by atoms with van der Waals surface area (Å²) in [6.45, 7) is 2.05. The van der Waals surface area contributed by atoms with Gasteiger partial charge < -0.3 is 4.74 Å². The third kappa shape index (κ3) is 5.87. The van der Waals surface area contributed by atoms with E-state index in [9.17, 15) is 4.79 Å². The van der Waals surface area contributed by atoms with Crippen molar-refractivity contribution in [1.29, 1.82) is 0 Å². The summed E-state index contributed by atoms with van der Waals surface area (Å²) in [5.41, 5.74) is 3.28. The normalized spacial score (nSPS) is 11.5. The zero-order valence-corrected chi connectivity index (χ0v) is 11.0. The minimum atomic E-state index is -0.566. The number of hydrogen-bond donors (Lipinski definition) is 1. The van der Waals surface area contributed by atoms with Crippen molar-refractivity contribution in [3.8, 4) is 0 Å². The average Bonchev–Trinajstić information content (AvgIpc) is 2.30. The molecule has 1 amide bonds. The molecule has 0 aromatic heterocycles. The van der Waals surface area contributed by atoms with Gasteiger partial charge in [0.2, 0.25) is 0 Å². The highest BCUT2D eigenvalue weighted by molar-refractivity contribution is 9.12. The van der Waals surface area contributed by atoms with Crippen LogP contribution in [0.2, 0.25) is 0 Å². The van der Waals surface area contributed by atoms with Crippen LogP contribution in [0.15, 0.2) is 39.9 Å². The van der Waals surface area contributed by atoms with Crippen molar-refractivity contribution in [3.05, 3.63) is 40.4 Å². The number of halogens is 1. The van der Waals surface area contributed by atoms with Crippen molar-refractivity contribution >= 4 is 34.3 Å². The van der Waals surface area contributed by atoms with Gasteiger partial charge in [0, 0.05) is 4.48 Å². The average molecular weight is 297 g/mol. The quantitative estimate of drug-likeness (QED) is 0.685. The third-order valence-corrected chi connectivity index (χ3v) is 2.16. The monoisotopic (exact) mass is 296 g/mol. The van der Waals surface area contributed by atoms with Gasteiger partial charge in [-0.15, -0.1) is 0 Å². The maximum Gasteiger partial charge on any atom is 0.427 e. The molecule has 90 valence electrons. The molecule has 0 bridgehead atoms. The zero-order valence-electron chi connectivity index (χ0n) is 9.39. The first-order valence-electron chi connectivity index (χ1n) is 5.10. The Balaban J connectivity index is 2.49. The highest BCUT2D eigenvalue weighted by Gasteiger charge is 1.95. The minimum Gasteiger partial charge on any atom is -0.449 e. The maximum atomic E-state index is 10.9. The molecule has 0 saturated carbocycles. The first kappa shape index (κ1) is 13.4. The van der Waals surface area contributed by atoms with Crippen molar-refractivity contribution in [2.45, 2.75) is 6.92 Å². The van der Waals surface area contributed by atoms with E-state index in [1.54, 1.807) is 6.92 Å². The highest BCUT2D eigenvalue weighted by atomic mass is 79.9. The van der Waals surface area contributed by atoms with Crippen LogP contribution in [-0.4, -0.2) is 18.9 Å². The van der Waals surface area contributed by atoms with E-state index in [-0.39, 0.29) is 0 Å². The molecule has 0 aliphatic heterocycles. The Morgan fingerprint density at radius 2 is 2.18 bits per heavy atom. The number of ether oxygens (including phenoxy) is 1. The molecular formula is C12H13BrN2O2. The molecule has 0 unspecified atom stereocenters. The molecule has 1 rings (SSSR count). The predicted molar refractivity (Wildman–Crippen MR) is 72.0 cm³/mol. The number of hydrazone groups is 1. The largest absolute Gasteiger partial charge is 0.449 e. The predicted octanol–water partition coefficient (Wildman–Crippen LogP) is 3.15. The molecule has 0 heterocycles. The van der Waals surface area contributed by atoms with Crippen molar-refractivity contribution in [2.75, 3.05) is 6.61 Å². The fourth-order valence-electron chi connectivity index (χ4n) is 1.06. The lowest BCUT2D eigenvalue weighted by atomic mass is 10.2. The molecule has 5 heteroatoms. The SMILES string of the molecule is CCOC(=O)N/N=C/C(Br)=C\c1ccccc1. The first-order chi connectivity index (χ1) is 8.22. The molecule has 4 nitrogen and oxygen atoms in total. The number of rotatable bonds is 4. The summed E-state index contributed by atoms with van der Waals surface area (Å²) < 4.78 is 5.39. The van der Waals surface area contributed by atoms with Gasteiger partial charge >= 0.3 is 6.09 Å². The van der Waals surface area contributed by atoms with E-state index < -0.39 is 6.09 Å². The van der Waals surface area contributed by atoms with Crippen molar-refractivity contribution in [2.24, 2.45) is 5.10 Å². The summed E-state index contributed by atoms with van der Waals surface area (Å²) in [6, 6.07) is 9.77. The summed E-state index contributed by atoms with van der Waals surface area (Å²) in [5.74, 6) is 0. The van der Waals surface area contributed by atoms with Crippen LogP contribution in [0, 0.1) is 0 Å². The molecule has 17 heavy (non-hydrogen) atoms. The number of nitrogens with zero attached hydrogens (tertiary/aromatic N) is 1. The molecule has 1 aromatic carbocycles. The number of hydrogen-bond acceptors (Lipinski definition) is 3. The topological polar surface area (TPSA) is 50.7 Å². The van der Waals surface area contributed by atoms with Gasteiger partial charge in [-0.2, -0.15) is 5.10 Å². The van der Waals surface area contributed by atoms with Gasteiger partial charge in [0.15, 0.2) is 0 Å². The van der Waals surface area contributed by atoms with Crippen LogP contribution in [0.1, 0.15) is 12.5 Å². The second kappa shape index (κ2) is 7.62. The van der Waals surface area contributed by atoms with Gasteiger partial charge in [0.1, 0.15) is 0 Å². The highest BCUT2D eigenvalue weighted by Crippen LogP contribution is 2.09. The van der Waals surface area contributed by atoms with E-state index in [0.29, 0.717) is 6.61 Å². The molecule has 0 aliphatic rings. The molecule has 0 radical (unpaired) electrons. The molecule has 0 spiro atoms. The molecule has 0 aliphatic carbocycles. The van der Waals surface area contributed by atoms with Gasteiger partial charge in [-0.1, -0.05) is 30.3 Å². The molecule has 0 atom stereocenters. The van der Waals surface area contributed by atoms with Crippen molar-refractivity contribution in [3.63, 3.8) is 0 Å². The van der Waals surface area contributed by atoms with Crippen LogP contribution in [0.25, 0.3) is 6.08 Å². The summed E-state index contributed by atoms with van der Waals surface area (Å²) in [6.07, 6.45) is 2.81. The van der Waals surface area contributed by atoms with E-state index >= 15 is 0 Å². The van der Waals surface area contributed by atoms with E-state index in [2.05, 4.69) is 31.2 Å². The smallest absolute Gasteiger partial charge is 0.427 e. The summed E-state index contributed by atoms with van der Waals surface area (Å²) in [7, 11) is 0. The maximum absolute atomic E-state index is 10.9. The van der Waals surface area contributed by atoms with Crippen LogP contribution in [0.3, 0.4) is 0 Å². The fourth-order valence-corrected chi connectivity index (χ4v) is 1.42. The lowest BCUT2D eigenvalue weighted by Gasteiger charge is -1.98. The lowest BCUT2D eigenvalue weighted by molar-refractivity contribution is 0.152. The first-order valence-corrected chi connectivity index (χ1v) is 5.89. The standard InChI is InChI=1S/C12H13BrN2O2/c1-2-17-12(16)15-14-9-11(13)8-10-6-4-3-5-7-10/h3-9H,2H2,1H3,(H,15,16)/b11-8+,14-9+. The fraction of sp³-hybridized carbons (Fsp3) is 0.167. The molecular weight excluding hydrogens is 284 g/mol. The van der Waals surface area contributed by atoms with Gasteiger partial charge in [-0.3, -0.25) is 0 Å². The number of carbonyl (C=O) groups excluding carboxylic acids is 1. The molecule has 0 fully saturated rings. The Morgan fingerprint density at radius 3 is 2.82 bits per heavy atom. The zero-order chi connectivity index (χ0) is 12.5. The Hall–Kier alpha value is -1.62. The number of allylic oxidation sites excluding steroid dienone is 1. The summed E-state index contributed by atoms with van der Waals surface area (Å²) >= 11 is 3.32. The molecule has 1 N–H and O–H groups in total. The Labute approximate surface area is 108 Å². The van der Waals surface area contributed by atoms with E-state index in [0.717, 1.165) is 10.0 Å². The minimum absolute atomic E-state index is 0.322. The van der Waals surface area contributed by atoms with Gasteiger partial charge in [-0.05, 0) is 34.5 Å². The van der Waals surface area contributed by atoms with E-state index in [4.69, 9.17) is 0 Å². The van der Waals surface area contributed by atoms with Crippen LogP contribution in [0.4, 0.5) is 4.79 Å². The van der Waals surface area contributed by atoms with Gasteiger partial charge in [0.05, 0.1) is 12.8 Å². The number of benzene rings is 1. The molecule has 0 saturated heterocycles. The van der Waals surface area contributed by atoms with Crippen molar-refractivity contribution in [1.82, 2.24) is 5.43 Å². The van der Waals surface area contributed by atoms with Crippen LogP contribution < -0.4 is 5.43 Å². The summed E-state index contributed by atoms with van der Waals surface area (Å²) in [4.78, 5) is 10.9. The number of nitrogens with one attached hydrogen (secondary N) is 1. The summed E-state index contributed by atoms with van der Waals surface area (Å²) in [5, 5.41) is 3.72. The van der Waals surface area contributed by atoms with E-state index in [1.165, 1.54) is 6.21 Å². The van der Waals surface area contributed by atoms with Crippen LogP contribution in [0.5, 0.6) is 0 Å². The second-order valence-corrected chi connectivity index (χ2v) is 3.95. The number of amides is 1. The number of carbonyl (C=O) groups is 1. The molecule has 1 aromatic rings.